The van der Waals surface area contributed by atoms with E-state index in [1.54, 1.807) is 0 Å². The van der Waals surface area contributed by atoms with Gasteiger partial charge in [0.2, 0.25) is 0 Å². The average Bonchev–Trinajstić information content (AvgIpc) is 3.11. The van der Waals surface area contributed by atoms with Crippen LogP contribution in [0.2, 0.25) is 0 Å². The minimum atomic E-state index is -3.51. The van der Waals surface area contributed by atoms with Gasteiger partial charge in [0.25, 0.3) is 10.2 Å². The summed E-state index contributed by atoms with van der Waals surface area (Å²) in [6, 6.07) is 1.64. The number of likely N-dealkylation sites (tertiary alicyclic amines) is 1. The molecule has 1 N–H and O–H groups in total. The fourth-order valence-electron chi connectivity index (χ4n) is 3.54. The van der Waals surface area contributed by atoms with E-state index in [9.17, 15) is 12.8 Å². The Labute approximate surface area is 148 Å². The van der Waals surface area contributed by atoms with Crippen LogP contribution in [0, 0.1) is 12.8 Å². The summed E-state index contributed by atoms with van der Waals surface area (Å²) in [5.41, 5.74) is 0.780. The van der Waals surface area contributed by atoms with E-state index in [4.69, 9.17) is 4.52 Å². The van der Waals surface area contributed by atoms with Crippen molar-refractivity contribution in [3.63, 3.8) is 0 Å². The minimum absolute atomic E-state index is 0.182. The number of hydrogen-bond acceptors (Lipinski definition) is 5. The highest BCUT2D eigenvalue weighted by molar-refractivity contribution is 7.87. The van der Waals surface area contributed by atoms with E-state index < -0.39 is 16.4 Å². The summed E-state index contributed by atoms with van der Waals surface area (Å²) in [7, 11) is -3.51. The maximum atomic E-state index is 13.9. The molecule has 0 saturated carbocycles. The van der Waals surface area contributed by atoms with Crippen molar-refractivity contribution in [2.24, 2.45) is 5.92 Å². The number of alkyl halides is 1. The molecule has 0 unspecified atom stereocenters. The van der Waals surface area contributed by atoms with Crippen LogP contribution in [0.3, 0.4) is 0 Å². The summed E-state index contributed by atoms with van der Waals surface area (Å²) < 4.78 is 48.2. The predicted molar refractivity (Wildman–Crippen MR) is 91.8 cm³/mol. The Balaban J connectivity index is 1.56. The van der Waals surface area contributed by atoms with Gasteiger partial charge in [0.05, 0.1) is 12.2 Å². The zero-order valence-electron chi connectivity index (χ0n) is 14.8. The summed E-state index contributed by atoms with van der Waals surface area (Å²) in [6.07, 6.45) is 1.14. The highest BCUT2D eigenvalue weighted by Crippen LogP contribution is 2.23. The number of nitrogens with one attached hydrogen (secondary N) is 1. The molecule has 0 aliphatic carbocycles. The van der Waals surface area contributed by atoms with Crippen LogP contribution in [-0.4, -0.2) is 61.2 Å². The molecule has 2 aliphatic rings. The van der Waals surface area contributed by atoms with Gasteiger partial charge < -0.3 is 4.52 Å². The third-order valence-corrected chi connectivity index (χ3v) is 6.67. The molecule has 2 fully saturated rings. The van der Waals surface area contributed by atoms with Crippen molar-refractivity contribution < 1.29 is 17.3 Å². The second kappa shape index (κ2) is 7.69. The van der Waals surface area contributed by atoms with Crippen LogP contribution in [0.1, 0.15) is 37.6 Å². The van der Waals surface area contributed by atoms with Gasteiger partial charge in [-0.25, -0.2) is 9.11 Å². The lowest BCUT2D eigenvalue weighted by Crippen LogP contribution is -2.48. The van der Waals surface area contributed by atoms with E-state index in [0.717, 1.165) is 18.5 Å². The third-order valence-electron chi connectivity index (χ3n) is 5.10. The fraction of sp³-hybridized carbons (Fsp3) is 0.812. The van der Waals surface area contributed by atoms with E-state index in [2.05, 4.69) is 16.8 Å². The predicted octanol–water partition coefficient (Wildman–Crippen LogP) is 1.46. The number of hydrogen-bond donors (Lipinski definition) is 1. The average molecular weight is 374 g/mol. The lowest BCUT2D eigenvalue weighted by molar-refractivity contribution is 0.207. The largest absolute Gasteiger partial charge is 0.360 e. The molecule has 0 spiro atoms. The van der Waals surface area contributed by atoms with Crippen molar-refractivity contribution in [3.05, 3.63) is 17.5 Å². The van der Waals surface area contributed by atoms with Gasteiger partial charge in [-0.15, -0.1) is 0 Å². The van der Waals surface area contributed by atoms with E-state index in [-0.39, 0.29) is 19.1 Å². The molecule has 0 aromatic carbocycles. The minimum Gasteiger partial charge on any atom is -0.360 e. The van der Waals surface area contributed by atoms with Crippen LogP contribution in [-0.2, 0) is 16.8 Å². The monoisotopic (exact) mass is 374 g/mol. The number of rotatable bonds is 6. The van der Waals surface area contributed by atoms with Gasteiger partial charge in [0.15, 0.2) is 5.76 Å². The van der Waals surface area contributed by atoms with Crippen LogP contribution in [0.15, 0.2) is 10.6 Å². The molecule has 7 nitrogen and oxygen atoms in total. The van der Waals surface area contributed by atoms with Gasteiger partial charge >= 0.3 is 0 Å². The molecule has 3 heterocycles. The zero-order valence-corrected chi connectivity index (χ0v) is 15.6. The Hall–Kier alpha value is -1.03. The Morgan fingerprint density at radius 3 is 2.76 bits per heavy atom. The molecule has 2 aliphatic heterocycles. The van der Waals surface area contributed by atoms with E-state index in [1.807, 2.05) is 17.9 Å². The van der Waals surface area contributed by atoms with Crippen molar-refractivity contribution in [1.82, 2.24) is 19.1 Å². The first-order chi connectivity index (χ1) is 11.8. The maximum absolute atomic E-state index is 13.9. The summed E-state index contributed by atoms with van der Waals surface area (Å²) >= 11 is 0. The first-order valence-electron chi connectivity index (χ1n) is 8.88. The number of halogens is 1. The third kappa shape index (κ3) is 4.78. The lowest BCUT2D eigenvalue weighted by atomic mass is 10.0. The molecular weight excluding hydrogens is 347 g/mol. The molecule has 9 heteroatoms. The van der Waals surface area contributed by atoms with Crippen molar-refractivity contribution in [2.45, 2.75) is 51.9 Å². The van der Waals surface area contributed by atoms with Crippen molar-refractivity contribution in [2.75, 3.05) is 26.2 Å². The molecule has 25 heavy (non-hydrogen) atoms. The second-order valence-electron chi connectivity index (χ2n) is 7.29. The van der Waals surface area contributed by atoms with Gasteiger partial charge in [0, 0.05) is 38.3 Å². The van der Waals surface area contributed by atoms with Gasteiger partial charge in [-0.05, 0) is 32.1 Å². The second-order valence-corrected chi connectivity index (χ2v) is 9.04. The number of piperidine rings is 1. The van der Waals surface area contributed by atoms with Crippen molar-refractivity contribution in [3.8, 4) is 0 Å². The van der Waals surface area contributed by atoms with Gasteiger partial charge in [0.1, 0.15) is 6.17 Å². The molecule has 1 aromatic rings. The molecule has 142 valence electrons. The van der Waals surface area contributed by atoms with Crippen LogP contribution in [0.25, 0.3) is 0 Å². The summed E-state index contributed by atoms with van der Waals surface area (Å²) in [5.74, 6) is 1.24. The Morgan fingerprint density at radius 1 is 1.40 bits per heavy atom. The number of nitrogens with zero attached hydrogens (tertiary/aromatic N) is 3. The van der Waals surface area contributed by atoms with Crippen molar-refractivity contribution >= 4 is 10.2 Å². The van der Waals surface area contributed by atoms with Crippen LogP contribution < -0.4 is 4.72 Å². The molecule has 1 aromatic heterocycles. The first-order valence-corrected chi connectivity index (χ1v) is 10.3. The highest BCUT2D eigenvalue weighted by atomic mass is 32.2. The standard InChI is InChI=1S/C16H27FN4O3S/c1-12-3-5-21(6-4-12)25(22,23)18-9-15-8-14(17)10-20(15)11-16-7-13(2)19-24-16/h7,12,14-15,18H,3-6,8-11H2,1-2H3/t14-,15-/m0/s1. The Kier molecular flexibility index (Phi) is 5.77. The van der Waals surface area contributed by atoms with Crippen LogP contribution in [0.5, 0.6) is 0 Å². The molecular formula is C16H27FN4O3S. The zero-order chi connectivity index (χ0) is 18.0. The summed E-state index contributed by atoms with van der Waals surface area (Å²) in [4.78, 5) is 1.92. The molecule has 2 atom stereocenters. The Morgan fingerprint density at radius 2 is 2.12 bits per heavy atom. The van der Waals surface area contributed by atoms with E-state index in [0.29, 0.717) is 37.7 Å². The smallest absolute Gasteiger partial charge is 0.279 e. The summed E-state index contributed by atoms with van der Waals surface area (Å²) in [5, 5.41) is 3.84. The van der Waals surface area contributed by atoms with Gasteiger partial charge in [-0.3, -0.25) is 4.90 Å². The normalized spacial score (nSPS) is 27.2. The SMILES string of the molecule is Cc1cc(CN2C[C@@H](F)C[C@H]2CNS(=O)(=O)N2CCC(C)CC2)on1. The first kappa shape index (κ1) is 18.8. The lowest BCUT2D eigenvalue weighted by Gasteiger charge is -2.30. The number of aryl methyl sites for hydroxylation is 1. The van der Waals surface area contributed by atoms with E-state index in [1.165, 1.54) is 4.31 Å². The molecule has 3 rings (SSSR count). The highest BCUT2D eigenvalue weighted by Gasteiger charge is 2.34. The quantitative estimate of drug-likeness (QED) is 0.816. The molecule has 0 amide bonds. The maximum Gasteiger partial charge on any atom is 0.279 e. The topological polar surface area (TPSA) is 78.7 Å². The number of aromatic nitrogens is 1. The van der Waals surface area contributed by atoms with Gasteiger partial charge in [-0.2, -0.15) is 12.7 Å². The van der Waals surface area contributed by atoms with Crippen LogP contribution in [0.4, 0.5) is 4.39 Å². The van der Waals surface area contributed by atoms with E-state index >= 15 is 0 Å². The van der Waals surface area contributed by atoms with Crippen molar-refractivity contribution in [1.29, 1.82) is 0 Å². The Bertz CT molecular complexity index is 673. The molecule has 2 saturated heterocycles. The fourth-order valence-corrected chi connectivity index (χ4v) is 4.81. The van der Waals surface area contributed by atoms with Crippen LogP contribution >= 0.6 is 0 Å². The van der Waals surface area contributed by atoms with Gasteiger partial charge in [-0.1, -0.05) is 12.1 Å². The molecule has 0 radical (unpaired) electrons. The molecule has 0 bridgehead atoms. The summed E-state index contributed by atoms with van der Waals surface area (Å²) in [6.45, 7) is 6.01.